The summed E-state index contributed by atoms with van der Waals surface area (Å²) in [4.78, 5) is 24.1. The van der Waals surface area contributed by atoms with Gasteiger partial charge in [-0.25, -0.2) is 0 Å². The highest BCUT2D eigenvalue weighted by atomic mass is 35.5. The van der Waals surface area contributed by atoms with Gasteiger partial charge in [0.1, 0.15) is 0 Å². The molecule has 0 saturated carbocycles. The van der Waals surface area contributed by atoms with E-state index >= 15 is 0 Å². The molecule has 1 N–H and O–H groups in total. The van der Waals surface area contributed by atoms with Gasteiger partial charge in [0.15, 0.2) is 23.9 Å². The minimum absolute atomic E-state index is 0.0863. The molecule has 2 rings (SSSR count). The first kappa shape index (κ1) is 19.0. The van der Waals surface area contributed by atoms with Crippen LogP contribution in [0, 0.1) is 0 Å². The average molecular weight is 380 g/mol. The lowest BCUT2D eigenvalue weighted by Gasteiger charge is -2.11. The van der Waals surface area contributed by atoms with Crippen LogP contribution < -0.4 is 14.8 Å². The molecule has 0 unspecified atom stereocenters. The molecule has 1 heterocycles. The summed E-state index contributed by atoms with van der Waals surface area (Å²) >= 11 is 7.07. The highest BCUT2D eigenvalue weighted by Gasteiger charge is 2.08. The van der Waals surface area contributed by atoms with Gasteiger partial charge in [0, 0.05) is 6.54 Å². The fourth-order valence-corrected chi connectivity index (χ4v) is 2.96. The Hall–Kier alpha value is -2.31. The van der Waals surface area contributed by atoms with Gasteiger partial charge >= 0.3 is 0 Å². The number of ketones is 1. The predicted molar refractivity (Wildman–Crippen MR) is 99.9 cm³/mol. The minimum Gasteiger partial charge on any atom is -0.493 e. The number of benzene rings is 1. The van der Waals surface area contributed by atoms with E-state index in [9.17, 15) is 9.59 Å². The van der Waals surface area contributed by atoms with E-state index in [1.807, 2.05) is 6.92 Å². The summed E-state index contributed by atoms with van der Waals surface area (Å²) in [5, 5.41) is 2.65. The van der Waals surface area contributed by atoms with Gasteiger partial charge in [-0.2, -0.15) is 0 Å². The molecule has 0 aliphatic carbocycles. The second kappa shape index (κ2) is 9.25. The molecule has 1 aromatic carbocycles. The van der Waals surface area contributed by atoms with Crippen molar-refractivity contribution in [1.29, 1.82) is 0 Å². The normalized spacial score (nSPS) is 10.7. The highest BCUT2D eigenvalue weighted by molar-refractivity contribution is 7.18. The number of allylic oxidation sites excluding steroid dienone is 1. The molecule has 0 spiro atoms. The van der Waals surface area contributed by atoms with Gasteiger partial charge < -0.3 is 14.8 Å². The number of rotatable bonds is 8. The Morgan fingerprint density at radius 2 is 2.04 bits per heavy atom. The van der Waals surface area contributed by atoms with Crippen LogP contribution in [0.1, 0.15) is 22.2 Å². The summed E-state index contributed by atoms with van der Waals surface area (Å²) in [6, 6.07) is 8.60. The third-order valence-electron chi connectivity index (χ3n) is 3.16. The van der Waals surface area contributed by atoms with E-state index in [2.05, 4.69) is 5.32 Å². The van der Waals surface area contributed by atoms with Crippen molar-refractivity contribution in [2.24, 2.45) is 0 Å². The molecule has 1 aromatic heterocycles. The number of hydrogen-bond acceptors (Lipinski definition) is 5. The van der Waals surface area contributed by atoms with Crippen molar-refractivity contribution in [2.75, 3.05) is 20.3 Å². The molecule has 0 radical (unpaired) electrons. The number of thiophene rings is 1. The number of ether oxygens (including phenoxy) is 2. The smallest absolute Gasteiger partial charge is 0.257 e. The van der Waals surface area contributed by atoms with Gasteiger partial charge in [-0.3, -0.25) is 9.59 Å². The van der Waals surface area contributed by atoms with Gasteiger partial charge in [0.25, 0.3) is 5.91 Å². The largest absolute Gasteiger partial charge is 0.493 e. The molecule has 0 aliphatic rings. The van der Waals surface area contributed by atoms with E-state index in [1.165, 1.54) is 24.5 Å². The van der Waals surface area contributed by atoms with Crippen molar-refractivity contribution in [3.8, 4) is 11.5 Å². The zero-order valence-electron chi connectivity index (χ0n) is 13.9. The summed E-state index contributed by atoms with van der Waals surface area (Å²) in [5.74, 6) is 0.626. The molecule has 0 fully saturated rings. The van der Waals surface area contributed by atoms with Crippen molar-refractivity contribution in [3.05, 3.63) is 51.2 Å². The first-order chi connectivity index (χ1) is 12.0. The second-order valence-corrected chi connectivity index (χ2v) is 6.67. The molecular weight excluding hydrogens is 362 g/mol. The Balaban J connectivity index is 2.06. The van der Waals surface area contributed by atoms with E-state index in [1.54, 1.807) is 36.4 Å². The summed E-state index contributed by atoms with van der Waals surface area (Å²) in [6.07, 6.45) is 3.16. The molecule has 0 bridgehead atoms. The van der Waals surface area contributed by atoms with Crippen molar-refractivity contribution in [2.45, 2.75) is 6.92 Å². The van der Waals surface area contributed by atoms with Crippen LogP contribution >= 0.6 is 22.9 Å². The van der Waals surface area contributed by atoms with Gasteiger partial charge in [0.05, 0.1) is 16.3 Å². The van der Waals surface area contributed by atoms with Gasteiger partial charge in [0.2, 0.25) is 0 Å². The van der Waals surface area contributed by atoms with Gasteiger partial charge in [-0.05, 0) is 42.8 Å². The van der Waals surface area contributed by atoms with Crippen LogP contribution in [0.5, 0.6) is 11.5 Å². The molecule has 0 saturated heterocycles. The Labute approximate surface area is 155 Å². The topological polar surface area (TPSA) is 64.6 Å². The van der Waals surface area contributed by atoms with Crippen LogP contribution in [0.4, 0.5) is 0 Å². The molecule has 2 aromatic rings. The van der Waals surface area contributed by atoms with Crippen molar-refractivity contribution in [3.63, 3.8) is 0 Å². The van der Waals surface area contributed by atoms with E-state index in [0.29, 0.717) is 27.3 Å². The number of carbonyl (C=O) groups is 2. The Bertz CT molecular complexity index is 785. The molecule has 25 heavy (non-hydrogen) atoms. The van der Waals surface area contributed by atoms with Crippen molar-refractivity contribution < 1.29 is 19.1 Å². The van der Waals surface area contributed by atoms with Crippen LogP contribution in [-0.2, 0) is 4.79 Å². The van der Waals surface area contributed by atoms with Crippen molar-refractivity contribution >= 4 is 40.7 Å². The lowest BCUT2D eigenvalue weighted by atomic mass is 10.1. The minimum atomic E-state index is -0.200. The van der Waals surface area contributed by atoms with Crippen molar-refractivity contribution in [1.82, 2.24) is 5.32 Å². The summed E-state index contributed by atoms with van der Waals surface area (Å²) < 4.78 is 11.3. The fourth-order valence-electron chi connectivity index (χ4n) is 2.00. The van der Waals surface area contributed by atoms with E-state index < -0.39 is 0 Å². The number of likely N-dealkylation sites (N-methyl/N-ethyl adjacent to an activating group) is 1. The Morgan fingerprint density at radius 1 is 1.24 bits per heavy atom. The number of methoxy groups -OCH3 is 1. The maximum Gasteiger partial charge on any atom is 0.257 e. The quantitative estimate of drug-likeness (QED) is 0.559. The number of hydrogen-bond donors (Lipinski definition) is 1. The molecule has 0 aliphatic heterocycles. The average Bonchev–Trinajstić information content (AvgIpc) is 3.05. The SMILES string of the molecule is CCNC(=O)COc1ccc(/C=C/C(=O)c2ccc(Cl)s2)cc1OC. The maximum absolute atomic E-state index is 12.1. The number of carbonyl (C=O) groups excluding carboxylic acids is 2. The lowest BCUT2D eigenvalue weighted by Crippen LogP contribution is -2.28. The molecule has 0 atom stereocenters. The zero-order valence-corrected chi connectivity index (χ0v) is 15.4. The number of nitrogens with one attached hydrogen (secondary N) is 1. The number of halogens is 1. The third-order valence-corrected chi connectivity index (χ3v) is 4.41. The van der Waals surface area contributed by atoms with Gasteiger partial charge in [-0.15, -0.1) is 11.3 Å². The van der Waals surface area contributed by atoms with E-state index in [0.717, 1.165) is 5.56 Å². The third kappa shape index (κ3) is 5.62. The zero-order chi connectivity index (χ0) is 18.2. The number of amides is 1. The van der Waals surface area contributed by atoms with Gasteiger partial charge in [-0.1, -0.05) is 23.7 Å². The Morgan fingerprint density at radius 3 is 2.68 bits per heavy atom. The summed E-state index contributed by atoms with van der Waals surface area (Å²) in [5.41, 5.74) is 0.776. The van der Waals surface area contributed by atoms with Crippen LogP contribution in [0.3, 0.4) is 0 Å². The van der Waals surface area contributed by atoms with E-state index in [-0.39, 0.29) is 18.3 Å². The fraction of sp³-hybridized carbons (Fsp3) is 0.222. The summed E-state index contributed by atoms with van der Waals surface area (Å²) in [7, 11) is 1.51. The Kier molecular flexibility index (Phi) is 7.03. The molecule has 1 amide bonds. The first-order valence-electron chi connectivity index (χ1n) is 7.58. The van der Waals surface area contributed by atoms with Crippen LogP contribution in [0.25, 0.3) is 6.08 Å². The van der Waals surface area contributed by atoms with Crippen LogP contribution in [0.15, 0.2) is 36.4 Å². The van der Waals surface area contributed by atoms with Crippen LogP contribution in [-0.4, -0.2) is 32.0 Å². The molecule has 7 heteroatoms. The monoisotopic (exact) mass is 379 g/mol. The lowest BCUT2D eigenvalue weighted by molar-refractivity contribution is -0.123. The maximum atomic E-state index is 12.1. The predicted octanol–water partition coefficient (Wildman–Crippen LogP) is 3.82. The first-order valence-corrected chi connectivity index (χ1v) is 8.78. The standard InChI is InChI=1S/C18H18ClNO4S/c1-3-20-18(22)11-24-14-7-5-12(10-15(14)23-2)4-6-13(21)16-8-9-17(19)25-16/h4-10H,3,11H2,1-2H3,(H,20,22)/b6-4+. The molecule has 5 nitrogen and oxygen atoms in total. The molecular formula is C18H18ClNO4S. The highest BCUT2D eigenvalue weighted by Crippen LogP contribution is 2.29. The molecule has 132 valence electrons. The summed E-state index contributed by atoms with van der Waals surface area (Å²) in [6.45, 7) is 2.30. The van der Waals surface area contributed by atoms with Crippen LogP contribution in [0.2, 0.25) is 4.34 Å². The second-order valence-electron chi connectivity index (χ2n) is 4.95. The van der Waals surface area contributed by atoms with E-state index in [4.69, 9.17) is 21.1 Å².